The molecule has 11 heteroatoms. The Bertz CT molecular complexity index is 1660. The fraction of sp³-hybridized carbons (Fsp3) is 0.333. The zero-order valence-electron chi connectivity index (χ0n) is 25.4. The molecule has 2 saturated heterocycles. The molecule has 0 saturated carbocycles. The van der Waals surface area contributed by atoms with Crippen LogP contribution in [0, 0.1) is 25.6 Å². The van der Waals surface area contributed by atoms with Crippen molar-refractivity contribution < 1.29 is 28.3 Å². The van der Waals surface area contributed by atoms with E-state index in [1.807, 2.05) is 50.2 Å². The average molecular weight is 602 g/mol. The van der Waals surface area contributed by atoms with E-state index in [4.69, 9.17) is 4.74 Å². The molecular formula is C33H36FN5O5. The molecule has 0 radical (unpaired) electrons. The monoisotopic (exact) mass is 601 g/mol. The number of ether oxygens (including phenoxy) is 1. The Morgan fingerprint density at radius 3 is 2.39 bits per heavy atom. The van der Waals surface area contributed by atoms with Crippen LogP contribution in [0.3, 0.4) is 0 Å². The third kappa shape index (κ3) is 5.87. The lowest BCUT2D eigenvalue weighted by Crippen LogP contribution is -2.56. The Hall–Kier alpha value is -4.77. The number of methoxy groups -OCH3 is 1. The van der Waals surface area contributed by atoms with Crippen molar-refractivity contribution in [2.75, 3.05) is 39.6 Å². The summed E-state index contributed by atoms with van der Waals surface area (Å²) < 4.78 is 21.1. The van der Waals surface area contributed by atoms with Gasteiger partial charge in [-0.25, -0.2) is 9.18 Å². The van der Waals surface area contributed by atoms with Gasteiger partial charge in [0.15, 0.2) is 0 Å². The predicted octanol–water partition coefficient (Wildman–Crippen LogP) is 3.84. The molecule has 0 aromatic heterocycles. The highest BCUT2D eigenvalue weighted by Gasteiger charge is 2.39. The zero-order valence-corrected chi connectivity index (χ0v) is 25.4. The lowest BCUT2D eigenvalue weighted by atomic mass is 9.90. The largest absolute Gasteiger partial charge is 0.496 e. The number of halogens is 1. The topological polar surface area (TPSA) is 120 Å². The summed E-state index contributed by atoms with van der Waals surface area (Å²) in [7, 11) is 4.42. The predicted molar refractivity (Wildman–Crippen MR) is 164 cm³/mol. The minimum absolute atomic E-state index is 0.0000694. The van der Waals surface area contributed by atoms with Gasteiger partial charge in [0.05, 0.1) is 7.11 Å². The van der Waals surface area contributed by atoms with Crippen LogP contribution in [0.4, 0.5) is 14.9 Å². The van der Waals surface area contributed by atoms with Crippen LogP contribution in [0.25, 0.3) is 22.3 Å². The number of anilines is 1. The second kappa shape index (κ2) is 12.5. The molecule has 0 bridgehead atoms. The molecule has 44 heavy (non-hydrogen) atoms. The van der Waals surface area contributed by atoms with Crippen LogP contribution in [-0.2, 0) is 20.9 Å². The molecule has 230 valence electrons. The third-order valence-electron chi connectivity index (χ3n) is 8.46. The summed E-state index contributed by atoms with van der Waals surface area (Å²) in [5.41, 5.74) is 5.90. The Balaban J connectivity index is 1.41. The van der Waals surface area contributed by atoms with Gasteiger partial charge in [-0.15, -0.1) is 0 Å². The summed E-state index contributed by atoms with van der Waals surface area (Å²) in [6.07, 6.45) is 0.354. The molecular weight excluding hydrogens is 565 g/mol. The van der Waals surface area contributed by atoms with Crippen LogP contribution >= 0.6 is 0 Å². The van der Waals surface area contributed by atoms with Gasteiger partial charge >= 0.3 is 6.03 Å². The van der Waals surface area contributed by atoms with Gasteiger partial charge in [-0.3, -0.25) is 19.3 Å². The Labute approximate surface area is 255 Å². The van der Waals surface area contributed by atoms with Crippen molar-refractivity contribution in [3.8, 4) is 28.0 Å². The highest BCUT2D eigenvalue weighted by molar-refractivity contribution is 6.12. The first-order chi connectivity index (χ1) is 21.0. The van der Waals surface area contributed by atoms with Crippen LogP contribution in [-0.4, -0.2) is 73.9 Å². The molecule has 10 nitrogen and oxygen atoms in total. The molecule has 2 atom stereocenters. The number of rotatable bonds is 8. The maximum atomic E-state index is 15.5. The van der Waals surface area contributed by atoms with E-state index in [1.165, 1.54) is 25.1 Å². The molecule has 2 aliphatic rings. The van der Waals surface area contributed by atoms with E-state index in [2.05, 4.69) is 16.0 Å². The smallest absolute Gasteiger partial charge is 0.326 e. The number of carbonyl (C=O) groups is 4. The fourth-order valence-electron chi connectivity index (χ4n) is 5.85. The molecule has 0 aliphatic carbocycles. The van der Waals surface area contributed by atoms with Crippen molar-refractivity contribution in [3.05, 3.63) is 71.0 Å². The first kappa shape index (κ1) is 30.7. The number of imide groups is 1. The van der Waals surface area contributed by atoms with Crippen molar-refractivity contribution in [3.63, 3.8) is 0 Å². The highest BCUT2D eigenvalue weighted by Crippen LogP contribution is 2.38. The van der Waals surface area contributed by atoms with Crippen LogP contribution in [0.5, 0.6) is 5.75 Å². The number of hydrogen-bond acceptors (Lipinski definition) is 6. The molecule has 1 unspecified atom stereocenters. The van der Waals surface area contributed by atoms with Crippen molar-refractivity contribution in [2.24, 2.45) is 5.92 Å². The lowest BCUT2D eigenvalue weighted by Gasteiger charge is -2.33. The summed E-state index contributed by atoms with van der Waals surface area (Å²) >= 11 is 0. The van der Waals surface area contributed by atoms with Gasteiger partial charge in [-0.1, -0.05) is 30.3 Å². The molecule has 2 aliphatic heterocycles. The summed E-state index contributed by atoms with van der Waals surface area (Å²) in [6.45, 7) is 4.58. The second-order valence-electron chi connectivity index (χ2n) is 11.3. The van der Waals surface area contributed by atoms with Gasteiger partial charge in [0, 0.05) is 57.4 Å². The molecule has 3 aromatic carbocycles. The maximum Gasteiger partial charge on any atom is 0.326 e. The van der Waals surface area contributed by atoms with Crippen LogP contribution in [0.15, 0.2) is 48.5 Å². The number of nitrogens with zero attached hydrogens (tertiary/aromatic N) is 2. The number of hydrogen-bond donors (Lipinski definition) is 3. The maximum absolute atomic E-state index is 15.5. The number of carbonyl (C=O) groups excluding carboxylic acids is 4. The molecule has 5 amide bonds. The normalized spacial score (nSPS) is 18.5. The van der Waals surface area contributed by atoms with Crippen LogP contribution in [0.2, 0.25) is 0 Å². The lowest BCUT2D eigenvalue weighted by molar-refractivity contribution is -0.140. The van der Waals surface area contributed by atoms with Crippen molar-refractivity contribution in [1.82, 2.24) is 20.4 Å². The quantitative estimate of drug-likeness (QED) is 0.338. The van der Waals surface area contributed by atoms with Crippen LogP contribution in [0.1, 0.15) is 23.1 Å². The van der Waals surface area contributed by atoms with Crippen molar-refractivity contribution in [2.45, 2.75) is 32.9 Å². The first-order valence-corrected chi connectivity index (χ1v) is 14.4. The zero-order chi connectivity index (χ0) is 31.7. The van der Waals surface area contributed by atoms with Gasteiger partial charge in [0.1, 0.15) is 17.5 Å². The molecule has 3 aromatic rings. The first-order valence-electron chi connectivity index (χ1n) is 14.4. The van der Waals surface area contributed by atoms with E-state index >= 15 is 4.39 Å². The van der Waals surface area contributed by atoms with Crippen molar-refractivity contribution in [1.29, 1.82) is 0 Å². The molecule has 2 heterocycles. The van der Waals surface area contributed by atoms with E-state index in [-0.39, 0.29) is 25.0 Å². The Kier molecular flexibility index (Phi) is 8.68. The summed E-state index contributed by atoms with van der Waals surface area (Å²) in [5.74, 6) is -2.08. The minimum atomic E-state index is -1.02. The number of benzene rings is 3. The van der Waals surface area contributed by atoms with E-state index in [0.717, 1.165) is 32.7 Å². The number of amides is 5. The number of urea groups is 1. The summed E-state index contributed by atoms with van der Waals surface area (Å²) in [6, 6.07) is 14.1. The third-order valence-corrected chi connectivity index (χ3v) is 8.46. The van der Waals surface area contributed by atoms with Crippen LogP contribution < -0.4 is 20.7 Å². The van der Waals surface area contributed by atoms with Gasteiger partial charge < -0.3 is 25.6 Å². The summed E-state index contributed by atoms with van der Waals surface area (Å²) in [4.78, 5) is 51.8. The standard InChI is InChI=1S/C33H36FN5O5/c1-18-22(20-12-27(34)25(29(13-20)44-5)16-35-21-14-30(40)36-15-21)8-6-9-23(18)24-10-7-11-28(19(24)2)37-31(41)26-17-38(3)33(43)39(4)32(26)42/h6-13,21,26,35H,14-17H2,1-5H3,(H,36,40)(H,37,41)/t21-,26?/m1/s1. The van der Waals surface area contributed by atoms with E-state index in [0.29, 0.717) is 35.5 Å². The molecule has 3 N–H and O–H groups in total. The number of nitrogens with one attached hydrogen (secondary N) is 3. The van der Waals surface area contributed by atoms with E-state index in [1.54, 1.807) is 13.1 Å². The van der Waals surface area contributed by atoms with Gasteiger partial charge in [0.25, 0.3) is 0 Å². The second-order valence-corrected chi connectivity index (χ2v) is 11.3. The van der Waals surface area contributed by atoms with Gasteiger partial charge in [-0.05, 0) is 65.4 Å². The highest BCUT2D eigenvalue weighted by atomic mass is 19.1. The molecule has 5 rings (SSSR count). The van der Waals surface area contributed by atoms with Gasteiger partial charge in [0.2, 0.25) is 17.7 Å². The SMILES string of the molecule is COc1cc(-c2cccc(-c3cccc(NC(=O)C4CN(C)C(=O)N(C)C4=O)c3C)c2C)cc(F)c1CN[C@H]1CNC(=O)C1. The van der Waals surface area contributed by atoms with Gasteiger partial charge in [-0.2, -0.15) is 0 Å². The van der Waals surface area contributed by atoms with E-state index < -0.39 is 29.6 Å². The average Bonchev–Trinajstić information content (AvgIpc) is 3.43. The van der Waals surface area contributed by atoms with Crippen molar-refractivity contribution >= 4 is 29.4 Å². The Morgan fingerprint density at radius 1 is 1.02 bits per heavy atom. The minimum Gasteiger partial charge on any atom is -0.496 e. The molecule has 2 fully saturated rings. The Morgan fingerprint density at radius 2 is 1.70 bits per heavy atom. The fourth-order valence-corrected chi connectivity index (χ4v) is 5.85. The summed E-state index contributed by atoms with van der Waals surface area (Å²) in [5, 5.41) is 8.88. The molecule has 0 spiro atoms. The van der Waals surface area contributed by atoms with E-state index in [9.17, 15) is 19.2 Å².